The molecule has 1 nitrogen and oxygen atoms in total. The second kappa shape index (κ2) is 22.5. The molecule has 0 aromatic carbocycles. The van der Waals surface area contributed by atoms with Crippen LogP contribution < -0.4 is 5.73 Å². The molecule has 0 radical (unpaired) electrons. The van der Waals surface area contributed by atoms with Crippen LogP contribution in [-0.4, -0.2) is 0 Å². The number of unbranched alkanes of at least 4 members (excludes halogenated alkanes) is 19. The van der Waals surface area contributed by atoms with Crippen LogP contribution in [0, 0.1) is 0 Å². The van der Waals surface area contributed by atoms with Gasteiger partial charge in [-0.15, -0.1) is 0 Å². The molecule has 0 fully saturated rings. The van der Waals surface area contributed by atoms with E-state index in [9.17, 15) is 0 Å². The number of nitrogens with two attached hydrogens (primary N) is 1. The molecule has 0 unspecified atom stereocenters. The Labute approximate surface area is 153 Å². The number of hydrogen-bond acceptors (Lipinski definition) is 1. The van der Waals surface area contributed by atoms with Gasteiger partial charge in [-0.05, 0) is 19.0 Å². The monoisotopic (exact) mass is 337 g/mol. The van der Waals surface area contributed by atoms with Crippen molar-refractivity contribution in [3.63, 3.8) is 0 Å². The smallest absolute Gasteiger partial charge is 0.0103 e. The SMILES string of the molecule is CCCCCCCCCCCCCCCCCCCCCC=CN. The Kier molecular flexibility index (Phi) is 22.1. The molecule has 0 bridgehead atoms. The molecule has 0 saturated heterocycles. The first kappa shape index (κ1) is 23.5. The summed E-state index contributed by atoms with van der Waals surface area (Å²) >= 11 is 0. The molecular formula is C23H47N. The van der Waals surface area contributed by atoms with Gasteiger partial charge < -0.3 is 5.73 Å². The van der Waals surface area contributed by atoms with E-state index < -0.39 is 0 Å². The summed E-state index contributed by atoms with van der Waals surface area (Å²) in [5.41, 5.74) is 5.33. The van der Waals surface area contributed by atoms with Crippen molar-refractivity contribution in [1.29, 1.82) is 0 Å². The van der Waals surface area contributed by atoms with Crippen LogP contribution in [0.25, 0.3) is 0 Å². The third-order valence-corrected chi connectivity index (χ3v) is 5.11. The minimum absolute atomic E-state index is 1.16. The quantitative estimate of drug-likeness (QED) is 0.222. The summed E-state index contributed by atoms with van der Waals surface area (Å²) in [4.78, 5) is 0. The van der Waals surface area contributed by atoms with Gasteiger partial charge in [-0.1, -0.05) is 129 Å². The van der Waals surface area contributed by atoms with Gasteiger partial charge in [0.05, 0.1) is 0 Å². The van der Waals surface area contributed by atoms with Crippen LogP contribution in [0.4, 0.5) is 0 Å². The zero-order valence-corrected chi connectivity index (χ0v) is 16.9. The van der Waals surface area contributed by atoms with Crippen LogP contribution >= 0.6 is 0 Å². The van der Waals surface area contributed by atoms with Crippen molar-refractivity contribution in [2.75, 3.05) is 0 Å². The van der Waals surface area contributed by atoms with Crippen LogP contribution in [0.15, 0.2) is 12.3 Å². The summed E-state index contributed by atoms with van der Waals surface area (Å²) in [5.74, 6) is 0. The Bertz CT molecular complexity index is 234. The Morgan fingerprint density at radius 1 is 0.458 bits per heavy atom. The van der Waals surface area contributed by atoms with E-state index in [2.05, 4.69) is 13.0 Å². The first-order valence-corrected chi connectivity index (χ1v) is 11.3. The van der Waals surface area contributed by atoms with Crippen LogP contribution in [0.2, 0.25) is 0 Å². The number of allylic oxidation sites excluding steroid dienone is 1. The molecule has 0 atom stereocenters. The first-order chi connectivity index (χ1) is 11.9. The van der Waals surface area contributed by atoms with Crippen LogP contribution in [0.3, 0.4) is 0 Å². The van der Waals surface area contributed by atoms with Gasteiger partial charge in [-0.25, -0.2) is 0 Å². The summed E-state index contributed by atoms with van der Waals surface area (Å²) in [6.45, 7) is 2.30. The van der Waals surface area contributed by atoms with Gasteiger partial charge >= 0.3 is 0 Å². The molecule has 0 amide bonds. The molecule has 0 aliphatic rings. The molecule has 2 N–H and O–H groups in total. The topological polar surface area (TPSA) is 26.0 Å². The third-order valence-electron chi connectivity index (χ3n) is 5.11. The second-order valence-corrected chi connectivity index (χ2v) is 7.58. The maximum atomic E-state index is 5.33. The fourth-order valence-corrected chi connectivity index (χ4v) is 3.44. The van der Waals surface area contributed by atoms with E-state index in [1.54, 1.807) is 6.20 Å². The van der Waals surface area contributed by atoms with Crippen LogP contribution in [0.1, 0.15) is 135 Å². The molecule has 0 aliphatic heterocycles. The Hall–Kier alpha value is -0.460. The van der Waals surface area contributed by atoms with Gasteiger partial charge in [0.1, 0.15) is 0 Å². The molecule has 24 heavy (non-hydrogen) atoms. The normalized spacial score (nSPS) is 11.5. The lowest BCUT2D eigenvalue weighted by Crippen LogP contribution is -1.84. The van der Waals surface area contributed by atoms with Crippen molar-refractivity contribution >= 4 is 0 Å². The lowest BCUT2D eigenvalue weighted by molar-refractivity contribution is 0.523. The van der Waals surface area contributed by atoms with Crippen molar-refractivity contribution in [2.45, 2.75) is 135 Å². The fraction of sp³-hybridized carbons (Fsp3) is 0.913. The molecule has 0 aromatic rings. The van der Waals surface area contributed by atoms with Gasteiger partial charge in [0.2, 0.25) is 0 Å². The molecule has 0 aromatic heterocycles. The van der Waals surface area contributed by atoms with Crippen molar-refractivity contribution in [3.8, 4) is 0 Å². The lowest BCUT2D eigenvalue weighted by Gasteiger charge is -2.03. The minimum Gasteiger partial charge on any atom is -0.405 e. The molecule has 0 spiro atoms. The third kappa shape index (κ3) is 21.5. The summed E-state index contributed by atoms with van der Waals surface area (Å²) in [6.07, 6.45) is 32.4. The fourth-order valence-electron chi connectivity index (χ4n) is 3.44. The summed E-state index contributed by atoms with van der Waals surface area (Å²) in [7, 11) is 0. The standard InChI is InChI=1S/C23H47N/c1-2-3-4-5-6-7-8-9-10-11-12-13-14-15-16-17-18-19-20-21-22-23-24/h22-23H,2-21,24H2,1H3. The van der Waals surface area contributed by atoms with Crippen LogP contribution in [-0.2, 0) is 0 Å². The molecule has 0 aliphatic carbocycles. The minimum atomic E-state index is 1.16. The average molecular weight is 338 g/mol. The summed E-state index contributed by atoms with van der Waals surface area (Å²) in [5, 5.41) is 0. The number of hydrogen-bond donors (Lipinski definition) is 1. The maximum absolute atomic E-state index is 5.33. The van der Waals surface area contributed by atoms with Crippen LogP contribution in [0.5, 0.6) is 0 Å². The molecule has 144 valence electrons. The van der Waals surface area contributed by atoms with Crippen molar-refractivity contribution in [3.05, 3.63) is 12.3 Å². The van der Waals surface area contributed by atoms with E-state index in [4.69, 9.17) is 5.73 Å². The predicted molar refractivity (Wildman–Crippen MR) is 111 cm³/mol. The van der Waals surface area contributed by atoms with E-state index >= 15 is 0 Å². The van der Waals surface area contributed by atoms with Crippen molar-refractivity contribution in [1.82, 2.24) is 0 Å². The Morgan fingerprint density at radius 2 is 0.750 bits per heavy atom. The van der Waals surface area contributed by atoms with Gasteiger partial charge in [0.15, 0.2) is 0 Å². The molecule has 0 heterocycles. The van der Waals surface area contributed by atoms with E-state index in [1.807, 2.05) is 0 Å². The molecular weight excluding hydrogens is 290 g/mol. The highest BCUT2D eigenvalue weighted by molar-refractivity contribution is 4.74. The molecule has 0 rings (SSSR count). The Morgan fingerprint density at radius 3 is 1.04 bits per heavy atom. The highest BCUT2D eigenvalue weighted by atomic mass is 14.5. The van der Waals surface area contributed by atoms with Gasteiger partial charge in [-0.2, -0.15) is 0 Å². The van der Waals surface area contributed by atoms with Gasteiger partial charge in [0.25, 0.3) is 0 Å². The van der Waals surface area contributed by atoms with Crippen molar-refractivity contribution in [2.24, 2.45) is 5.73 Å². The lowest BCUT2D eigenvalue weighted by atomic mass is 10.0. The zero-order chi connectivity index (χ0) is 17.6. The van der Waals surface area contributed by atoms with E-state index in [0.29, 0.717) is 0 Å². The zero-order valence-electron chi connectivity index (χ0n) is 16.9. The highest BCUT2D eigenvalue weighted by Crippen LogP contribution is 2.14. The molecule has 0 saturated carbocycles. The highest BCUT2D eigenvalue weighted by Gasteiger charge is 1.95. The van der Waals surface area contributed by atoms with Gasteiger partial charge in [-0.3, -0.25) is 0 Å². The van der Waals surface area contributed by atoms with Crippen molar-refractivity contribution < 1.29 is 0 Å². The second-order valence-electron chi connectivity index (χ2n) is 7.58. The average Bonchev–Trinajstić information content (AvgIpc) is 2.60. The van der Waals surface area contributed by atoms with E-state index in [1.165, 1.54) is 122 Å². The summed E-state index contributed by atoms with van der Waals surface area (Å²) in [6, 6.07) is 0. The summed E-state index contributed by atoms with van der Waals surface area (Å²) < 4.78 is 0. The predicted octanol–water partition coefficient (Wildman–Crippen LogP) is 8.28. The molecule has 1 heteroatoms. The maximum Gasteiger partial charge on any atom is -0.0103 e. The van der Waals surface area contributed by atoms with E-state index in [-0.39, 0.29) is 0 Å². The first-order valence-electron chi connectivity index (χ1n) is 11.3. The van der Waals surface area contributed by atoms with E-state index in [0.717, 1.165) is 6.42 Å². The van der Waals surface area contributed by atoms with Gasteiger partial charge in [0, 0.05) is 0 Å². The number of rotatable bonds is 20. The Balaban J connectivity index is 2.95. The largest absolute Gasteiger partial charge is 0.405 e.